The van der Waals surface area contributed by atoms with E-state index in [1.807, 2.05) is 54.6 Å². The lowest BCUT2D eigenvalue weighted by molar-refractivity contribution is 0.252. The molecule has 0 bridgehead atoms. The van der Waals surface area contributed by atoms with E-state index in [1.165, 1.54) is 0 Å². The number of ether oxygens (including phenoxy) is 1. The first-order valence-corrected chi connectivity index (χ1v) is 7.39. The van der Waals surface area contributed by atoms with Crippen molar-refractivity contribution in [2.75, 3.05) is 36.5 Å². The molecule has 2 aromatic rings. The molecule has 0 aromatic heterocycles. The number of urea groups is 1. The van der Waals surface area contributed by atoms with Crippen LogP contribution in [0.3, 0.4) is 0 Å². The average molecular weight is 297 g/mol. The molecule has 5 nitrogen and oxygen atoms in total. The van der Waals surface area contributed by atoms with Crippen molar-refractivity contribution in [1.29, 1.82) is 0 Å². The van der Waals surface area contributed by atoms with E-state index in [2.05, 4.69) is 15.5 Å². The summed E-state index contributed by atoms with van der Waals surface area (Å²) < 4.78 is 5.62. The second-order valence-corrected chi connectivity index (χ2v) is 5.05. The molecular weight excluding hydrogens is 278 g/mol. The molecule has 0 unspecified atom stereocenters. The third kappa shape index (κ3) is 3.49. The minimum Gasteiger partial charge on any atom is -0.490 e. The summed E-state index contributed by atoms with van der Waals surface area (Å²) in [6, 6.07) is 17.2. The van der Waals surface area contributed by atoms with Gasteiger partial charge in [-0.1, -0.05) is 30.3 Å². The highest BCUT2D eigenvalue weighted by molar-refractivity contribution is 5.89. The van der Waals surface area contributed by atoms with Gasteiger partial charge in [0.25, 0.3) is 0 Å². The molecule has 0 atom stereocenters. The molecule has 0 radical (unpaired) electrons. The summed E-state index contributed by atoms with van der Waals surface area (Å²) in [4.78, 5) is 14.1. The molecule has 5 heteroatoms. The highest BCUT2D eigenvalue weighted by Gasteiger charge is 2.16. The first-order valence-electron chi connectivity index (χ1n) is 7.39. The minimum absolute atomic E-state index is 0.187. The van der Waals surface area contributed by atoms with Gasteiger partial charge in [-0.3, -0.25) is 0 Å². The van der Waals surface area contributed by atoms with E-state index >= 15 is 0 Å². The molecular formula is C17H19N3O2. The number of rotatable bonds is 4. The van der Waals surface area contributed by atoms with Gasteiger partial charge in [-0.15, -0.1) is 0 Å². The highest BCUT2D eigenvalue weighted by Crippen LogP contribution is 2.30. The first-order chi connectivity index (χ1) is 10.8. The maximum atomic E-state index is 11.8. The first kappa shape index (κ1) is 14.3. The molecule has 22 heavy (non-hydrogen) atoms. The number of anilines is 2. The molecule has 2 N–H and O–H groups in total. The lowest BCUT2D eigenvalue weighted by Crippen LogP contribution is -2.40. The van der Waals surface area contributed by atoms with Crippen LogP contribution in [0.15, 0.2) is 54.6 Å². The van der Waals surface area contributed by atoms with Crippen molar-refractivity contribution < 1.29 is 9.53 Å². The van der Waals surface area contributed by atoms with Crippen LogP contribution in [0, 0.1) is 0 Å². The van der Waals surface area contributed by atoms with E-state index in [-0.39, 0.29) is 6.03 Å². The molecule has 3 rings (SSSR count). The van der Waals surface area contributed by atoms with Crippen molar-refractivity contribution in [2.45, 2.75) is 0 Å². The van der Waals surface area contributed by atoms with Crippen LogP contribution in [0.4, 0.5) is 16.2 Å². The standard InChI is InChI=1S/C17H19N3O2/c21-17(19-14-6-2-1-3-7-14)18-10-11-20-12-13-22-16-9-5-4-8-15(16)20/h1-9H,10-13H2,(H2,18,19,21). The Hall–Kier alpha value is -2.69. The fourth-order valence-corrected chi connectivity index (χ4v) is 2.46. The Balaban J connectivity index is 1.49. The summed E-state index contributed by atoms with van der Waals surface area (Å²) in [7, 11) is 0. The third-order valence-corrected chi connectivity index (χ3v) is 3.52. The van der Waals surface area contributed by atoms with E-state index in [0.717, 1.165) is 30.2 Å². The van der Waals surface area contributed by atoms with Gasteiger partial charge in [-0.05, 0) is 24.3 Å². The lowest BCUT2D eigenvalue weighted by Gasteiger charge is -2.31. The average Bonchev–Trinajstić information content (AvgIpc) is 2.56. The summed E-state index contributed by atoms with van der Waals surface area (Å²) in [5.74, 6) is 0.905. The van der Waals surface area contributed by atoms with Crippen LogP contribution >= 0.6 is 0 Å². The number of nitrogens with zero attached hydrogens (tertiary/aromatic N) is 1. The molecule has 0 saturated heterocycles. The summed E-state index contributed by atoms with van der Waals surface area (Å²) in [6.45, 7) is 2.84. The van der Waals surface area contributed by atoms with Gasteiger partial charge in [0, 0.05) is 18.8 Å². The summed E-state index contributed by atoms with van der Waals surface area (Å²) >= 11 is 0. The van der Waals surface area contributed by atoms with Gasteiger partial charge in [-0.2, -0.15) is 0 Å². The molecule has 114 valence electrons. The van der Waals surface area contributed by atoms with Crippen LogP contribution in [0.25, 0.3) is 0 Å². The normalized spacial score (nSPS) is 13.0. The quantitative estimate of drug-likeness (QED) is 0.912. The van der Waals surface area contributed by atoms with E-state index in [0.29, 0.717) is 13.2 Å². The summed E-state index contributed by atoms with van der Waals surface area (Å²) in [6.07, 6.45) is 0. The van der Waals surface area contributed by atoms with E-state index in [4.69, 9.17) is 4.74 Å². The van der Waals surface area contributed by atoms with E-state index in [1.54, 1.807) is 0 Å². The highest BCUT2D eigenvalue weighted by atomic mass is 16.5. The number of hydrogen-bond acceptors (Lipinski definition) is 3. The van der Waals surface area contributed by atoms with Gasteiger partial charge in [0.15, 0.2) is 0 Å². The predicted octanol–water partition coefficient (Wildman–Crippen LogP) is 2.71. The van der Waals surface area contributed by atoms with Gasteiger partial charge < -0.3 is 20.3 Å². The second kappa shape index (κ2) is 6.85. The van der Waals surface area contributed by atoms with Crippen molar-refractivity contribution >= 4 is 17.4 Å². The number of carbonyl (C=O) groups excluding carboxylic acids is 1. The van der Waals surface area contributed by atoms with Gasteiger partial charge in [-0.25, -0.2) is 4.79 Å². The molecule has 1 aliphatic rings. The molecule has 0 saturated carbocycles. The number of para-hydroxylation sites is 3. The largest absolute Gasteiger partial charge is 0.490 e. The molecule has 0 spiro atoms. The van der Waals surface area contributed by atoms with Gasteiger partial charge in [0.2, 0.25) is 0 Å². The number of benzene rings is 2. The summed E-state index contributed by atoms with van der Waals surface area (Å²) in [5.41, 5.74) is 1.87. The Kier molecular flexibility index (Phi) is 4.44. The fourth-order valence-electron chi connectivity index (χ4n) is 2.46. The van der Waals surface area contributed by atoms with Crippen LogP contribution < -0.4 is 20.3 Å². The number of fused-ring (bicyclic) bond motifs is 1. The molecule has 0 fully saturated rings. The Morgan fingerprint density at radius 3 is 2.73 bits per heavy atom. The SMILES string of the molecule is O=C(NCCN1CCOc2ccccc21)Nc1ccccc1. The van der Waals surface area contributed by atoms with E-state index in [9.17, 15) is 4.79 Å². The van der Waals surface area contributed by atoms with Crippen LogP contribution in [-0.2, 0) is 0 Å². The Morgan fingerprint density at radius 1 is 1.09 bits per heavy atom. The van der Waals surface area contributed by atoms with Crippen molar-refractivity contribution in [3.05, 3.63) is 54.6 Å². The molecule has 1 aliphatic heterocycles. The molecule has 2 amide bonds. The Morgan fingerprint density at radius 2 is 1.86 bits per heavy atom. The fraction of sp³-hybridized carbons (Fsp3) is 0.235. The Labute approximate surface area is 129 Å². The van der Waals surface area contributed by atoms with Crippen LogP contribution in [-0.4, -0.2) is 32.3 Å². The summed E-state index contributed by atoms with van der Waals surface area (Å²) in [5, 5.41) is 5.68. The van der Waals surface area contributed by atoms with Crippen molar-refractivity contribution in [3.8, 4) is 5.75 Å². The minimum atomic E-state index is -0.187. The Bertz CT molecular complexity index is 631. The topological polar surface area (TPSA) is 53.6 Å². The third-order valence-electron chi connectivity index (χ3n) is 3.52. The molecule has 1 heterocycles. The number of carbonyl (C=O) groups is 1. The van der Waals surface area contributed by atoms with Crippen molar-refractivity contribution in [2.24, 2.45) is 0 Å². The number of amides is 2. The smallest absolute Gasteiger partial charge is 0.319 e. The predicted molar refractivity (Wildman–Crippen MR) is 87.6 cm³/mol. The zero-order chi connectivity index (χ0) is 15.2. The maximum Gasteiger partial charge on any atom is 0.319 e. The maximum absolute atomic E-state index is 11.8. The van der Waals surface area contributed by atoms with Crippen LogP contribution in [0.2, 0.25) is 0 Å². The van der Waals surface area contributed by atoms with Gasteiger partial charge in [0.05, 0.1) is 12.2 Å². The monoisotopic (exact) mass is 297 g/mol. The van der Waals surface area contributed by atoms with Crippen molar-refractivity contribution in [3.63, 3.8) is 0 Å². The second-order valence-electron chi connectivity index (χ2n) is 5.05. The zero-order valence-corrected chi connectivity index (χ0v) is 12.3. The number of hydrogen-bond donors (Lipinski definition) is 2. The zero-order valence-electron chi connectivity index (χ0n) is 12.3. The van der Waals surface area contributed by atoms with Crippen LogP contribution in [0.1, 0.15) is 0 Å². The lowest BCUT2D eigenvalue weighted by atomic mass is 10.2. The van der Waals surface area contributed by atoms with Gasteiger partial charge >= 0.3 is 6.03 Å². The molecule has 0 aliphatic carbocycles. The van der Waals surface area contributed by atoms with Crippen LogP contribution in [0.5, 0.6) is 5.75 Å². The van der Waals surface area contributed by atoms with Crippen molar-refractivity contribution in [1.82, 2.24) is 5.32 Å². The number of nitrogens with one attached hydrogen (secondary N) is 2. The molecule has 2 aromatic carbocycles. The van der Waals surface area contributed by atoms with Gasteiger partial charge in [0.1, 0.15) is 12.4 Å². The van der Waals surface area contributed by atoms with E-state index < -0.39 is 0 Å².